The summed E-state index contributed by atoms with van der Waals surface area (Å²) in [6.45, 7) is -0.106. The van der Waals surface area contributed by atoms with Gasteiger partial charge in [0, 0.05) is 17.4 Å². The van der Waals surface area contributed by atoms with Crippen LogP contribution in [0.25, 0.3) is 0 Å². The summed E-state index contributed by atoms with van der Waals surface area (Å²) in [6.07, 6.45) is 3.41. The van der Waals surface area contributed by atoms with Crippen molar-refractivity contribution in [3.05, 3.63) is 70.4 Å². The van der Waals surface area contributed by atoms with Crippen molar-refractivity contribution < 1.29 is 18.7 Å². The van der Waals surface area contributed by atoms with E-state index in [9.17, 15) is 9.59 Å². The third-order valence-corrected chi connectivity index (χ3v) is 3.84. The Morgan fingerprint density at radius 2 is 2.08 bits per heavy atom. The second-order valence-corrected chi connectivity index (χ2v) is 6.06. The van der Waals surface area contributed by atoms with Crippen molar-refractivity contribution in [1.29, 1.82) is 0 Å². The lowest BCUT2D eigenvalue weighted by molar-refractivity contribution is -0.119. The zero-order chi connectivity index (χ0) is 18.5. The van der Waals surface area contributed by atoms with Gasteiger partial charge in [0.15, 0.2) is 6.61 Å². The molecule has 3 aromatic rings. The van der Waals surface area contributed by atoms with Crippen molar-refractivity contribution >= 4 is 40.8 Å². The monoisotopic (exact) mass is 393 g/mol. The number of nitrogens with one attached hydrogen (secondary N) is 1. The van der Waals surface area contributed by atoms with E-state index in [1.54, 1.807) is 41.3 Å². The number of nitrogens with zero attached hydrogens (tertiary/aromatic N) is 2. The molecule has 0 aliphatic rings. The average Bonchev–Trinajstić information content (AvgIpc) is 3.28. The molecule has 3 rings (SSSR count). The van der Waals surface area contributed by atoms with Gasteiger partial charge in [-0.3, -0.25) is 9.48 Å². The van der Waals surface area contributed by atoms with E-state index < -0.39 is 18.5 Å². The van der Waals surface area contributed by atoms with Crippen LogP contribution in [0.4, 0.5) is 5.69 Å². The van der Waals surface area contributed by atoms with E-state index in [-0.39, 0.29) is 5.76 Å². The number of furan rings is 1. The van der Waals surface area contributed by atoms with Crippen molar-refractivity contribution in [1.82, 2.24) is 9.78 Å². The fraction of sp³-hybridized carbons (Fsp3) is 0.118. The van der Waals surface area contributed by atoms with Gasteiger partial charge in [0.1, 0.15) is 5.76 Å². The molecule has 2 heterocycles. The summed E-state index contributed by atoms with van der Waals surface area (Å²) in [6, 6.07) is 9.55. The standard InChI is InChI=1S/C17H13Cl2N3O4/c18-11-2-4-13(19)14(8-11)21-16(23)10-25-17(24)15-5-3-12(26-15)9-22-7-1-6-20-22/h1-8H,9-10H2,(H,21,23). The number of benzene rings is 1. The lowest BCUT2D eigenvalue weighted by atomic mass is 10.3. The first-order valence-corrected chi connectivity index (χ1v) is 8.25. The number of rotatable bonds is 6. The maximum atomic E-state index is 12.0. The van der Waals surface area contributed by atoms with Crippen LogP contribution in [0.1, 0.15) is 16.3 Å². The summed E-state index contributed by atoms with van der Waals surface area (Å²) in [5, 5.41) is 7.30. The molecular formula is C17H13Cl2N3O4. The number of aromatic nitrogens is 2. The Morgan fingerprint density at radius 3 is 2.85 bits per heavy atom. The van der Waals surface area contributed by atoms with Crippen molar-refractivity contribution in [2.24, 2.45) is 0 Å². The molecule has 0 aliphatic carbocycles. The molecule has 1 amide bonds. The number of hydrogen-bond acceptors (Lipinski definition) is 5. The van der Waals surface area contributed by atoms with Crippen molar-refractivity contribution in [2.45, 2.75) is 6.54 Å². The van der Waals surface area contributed by atoms with Crippen molar-refractivity contribution in [2.75, 3.05) is 11.9 Å². The molecular weight excluding hydrogens is 381 g/mol. The second kappa shape index (κ2) is 8.07. The van der Waals surface area contributed by atoms with Gasteiger partial charge in [0.05, 0.1) is 17.3 Å². The van der Waals surface area contributed by atoms with Crippen LogP contribution in [0.2, 0.25) is 10.0 Å². The minimum absolute atomic E-state index is 0.000689. The van der Waals surface area contributed by atoms with E-state index >= 15 is 0 Å². The van der Waals surface area contributed by atoms with Crippen LogP contribution >= 0.6 is 23.2 Å². The molecule has 0 saturated carbocycles. The summed E-state index contributed by atoms with van der Waals surface area (Å²) in [5.41, 5.74) is 0.333. The van der Waals surface area contributed by atoms with Crippen LogP contribution in [0.5, 0.6) is 0 Å². The third-order valence-electron chi connectivity index (χ3n) is 3.28. The minimum atomic E-state index is -0.746. The summed E-state index contributed by atoms with van der Waals surface area (Å²) in [4.78, 5) is 23.9. The quantitative estimate of drug-likeness (QED) is 0.646. The van der Waals surface area contributed by atoms with E-state index in [1.165, 1.54) is 12.1 Å². The maximum absolute atomic E-state index is 12.0. The number of amides is 1. The van der Waals surface area contributed by atoms with Gasteiger partial charge in [-0.25, -0.2) is 4.79 Å². The van der Waals surface area contributed by atoms with E-state index in [4.69, 9.17) is 32.4 Å². The highest BCUT2D eigenvalue weighted by atomic mass is 35.5. The van der Waals surface area contributed by atoms with Crippen LogP contribution in [0.3, 0.4) is 0 Å². The SMILES string of the molecule is O=C(COC(=O)c1ccc(Cn2cccn2)o1)Nc1cc(Cl)ccc1Cl. The van der Waals surface area contributed by atoms with Gasteiger partial charge in [-0.1, -0.05) is 23.2 Å². The predicted molar refractivity (Wildman–Crippen MR) is 95.4 cm³/mol. The van der Waals surface area contributed by atoms with Crippen molar-refractivity contribution in [3.8, 4) is 0 Å². The van der Waals surface area contributed by atoms with E-state index in [0.29, 0.717) is 28.0 Å². The van der Waals surface area contributed by atoms with Gasteiger partial charge < -0.3 is 14.5 Å². The molecule has 7 nitrogen and oxygen atoms in total. The predicted octanol–water partition coefficient (Wildman–Crippen LogP) is 3.63. The van der Waals surface area contributed by atoms with Gasteiger partial charge in [-0.2, -0.15) is 5.10 Å². The molecule has 26 heavy (non-hydrogen) atoms. The Balaban J connectivity index is 1.52. The first-order chi connectivity index (χ1) is 12.5. The van der Waals surface area contributed by atoms with Gasteiger partial charge in [-0.15, -0.1) is 0 Å². The van der Waals surface area contributed by atoms with Crippen LogP contribution in [-0.2, 0) is 16.1 Å². The summed E-state index contributed by atoms with van der Waals surface area (Å²) in [7, 11) is 0. The highest BCUT2D eigenvalue weighted by Crippen LogP contribution is 2.25. The molecule has 0 bridgehead atoms. The van der Waals surface area contributed by atoms with Gasteiger partial charge in [0.25, 0.3) is 5.91 Å². The number of ether oxygens (including phenoxy) is 1. The maximum Gasteiger partial charge on any atom is 0.374 e. The Labute approximate surface area is 158 Å². The second-order valence-electron chi connectivity index (χ2n) is 5.22. The van der Waals surface area contributed by atoms with E-state index in [2.05, 4.69) is 10.4 Å². The third kappa shape index (κ3) is 4.65. The zero-order valence-electron chi connectivity index (χ0n) is 13.3. The van der Waals surface area contributed by atoms with Crippen LogP contribution < -0.4 is 5.32 Å². The molecule has 0 saturated heterocycles. The summed E-state index contributed by atoms with van der Waals surface area (Å²) >= 11 is 11.8. The van der Waals surface area contributed by atoms with E-state index in [1.807, 2.05) is 0 Å². The zero-order valence-corrected chi connectivity index (χ0v) is 14.8. The van der Waals surface area contributed by atoms with Gasteiger partial charge in [-0.05, 0) is 36.4 Å². The molecule has 0 fully saturated rings. The number of esters is 1. The van der Waals surface area contributed by atoms with Gasteiger partial charge >= 0.3 is 5.97 Å². The number of halogens is 2. The largest absolute Gasteiger partial charge is 0.452 e. The highest BCUT2D eigenvalue weighted by molar-refractivity contribution is 6.35. The Kier molecular flexibility index (Phi) is 5.60. The number of carbonyl (C=O) groups is 2. The molecule has 1 aromatic carbocycles. The smallest absolute Gasteiger partial charge is 0.374 e. The van der Waals surface area contributed by atoms with Crippen molar-refractivity contribution in [3.63, 3.8) is 0 Å². The molecule has 0 spiro atoms. The molecule has 2 aromatic heterocycles. The minimum Gasteiger partial charge on any atom is -0.452 e. The summed E-state index contributed by atoms with van der Waals surface area (Å²) in [5.74, 6) is -0.758. The number of anilines is 1. The Hall–Kier alpha value is -2.77. The molecule has 0 radical (unpaired) electrons. The van der Waals surface area contributed by atoms with Crippen LogP contribution in [-0.4, -0.2) is 28.3 Å². The fourth-order valence-corrected chi connectivity index (χ4v) is 2.44. The lowest BCUT2D eigenvalue weighted by Gasteiger charge is -2.07. The Morgan fingerprint density at radius 1 is 1.23 bits per heavy atom. The first kappa shape index (κ1) is 18.0. The summed E-state index contributed by atoms with van der Waals surface area (Å²) < 4.78 is 12.0. The average molecular weight is 394 g/mol. The number of hydrogen-bond donors (Lipinski definition) is 1. The normalized spacial score (nSPS) is 10.5. The highest BCUT2D eigenvalue weighted by Gasteiger charge is 2.15. The van der Waals surface area contributed by atoms with Crippen LogP contribution in [0.15, 0.2) is 53.2 Å². The number of carbonyl (C=O) groups excluding carboxylic acids is 2. The van der Waals surface area contributed by atoms with Gasteiger partial charge in [0.2, 0.25) is 5.76 Å². The molecule has 0 atom stereocenters. The molecule has 134 valence electrons. The molecule has 9 heteroatoms. The lowest BCUT2D eigenvalue weighted by Crippen LogP contribution is -2.21. The molecule has 0 unspecified atom stereocenters. The topological polar surface area (TPSA) is 86.4 Å². The fourth-order valence-electron chi connectivity index (χ4n) is 2.11. The molecule has 1 N–H and O–H groups in total. The van der Waals surface area contributed by atoms with E-state index in [0.717, 1.165) is 0 Å². The Bertz CT molecular complexity index is 922. The molecule has 0 aliphatic heterocycles. The first-order valence-electron chi connectivity index (χ1n) is 7.49. The van der Waals surface area contributed by atoms with Crippen LogP contribution in [0, 0.1) is 0 Å².